The summed E-state index contributed by atoms with van der Waals surface area (Å²) in [6, 6.07) is 0. The van der Waals surface area contributed by atoms with Crippen LogP contribution in [-0.4, -0.2) is 19.8 Å². The molecular weight excluding hydrogens is 266 g/mol. The molecule has 20 heavy (non-hydrogen) atoms. The van der Waals surface area contributed by atoms with Gasteiger partial charge in [-0.1, -0.05) is 20.8 Å². The van der Waals surface area contributed by atoms with E-state index in [4.69, 9.17) is 0 Å². The average molecular weight is 283 g/mol. The molecule has 0 unspecified atom stereocenters. The van der Waals surface area contributed by atoms with Gasteiger partial charge in [0.05, 0.1) is 17.7 Å². The summed E-state index contributed by atoms with van der Waals surface area (Å²) in [4.78, 5) is 45.8. The number of Topliss-reactive ketones (excluding diaryl/α,β-unsaturated/α-hetero) is 1. The summed E-state index contributed by atoms with van der Waals surface area (Å²) < 4.78 is 1.66. The van der Waals surface area contributed by atoms with Gasteiger partial charge in [0.25, 0.3) is 0 Å². The van der Waals surface area contributed by atoms with Crippen molar-refractivity contribution in [1.82, 2.24) is 9.13 Å². The van der Waals surface area contributed by atoms with Gasteiger partial charge in [0.2, 0.25) is 0 Å². The molecule has 110 valence electrons. The lowest BCUT2D eigenvalue weighted by Crippen LogP contribution is -2.43. The van der Waals surface area contributed by atoms with E-state index in [1.165, 1.54) is 0 Å². The molecule has 0 fully saturated rings. The molecule has 0 radical (unpaired) electrons. The molecule has 0 atom stereocenters. The monoisotopic (exact) mass is 283 g/mol. The van der Waals surface area contributed by atoms with Crippen molar-refractivity contribution < 1.29 is 9.72 Å². The number of rotatable bonds is 4. The van der Waals surface area contributed by atoms with Crippen LogP contribution in [0.3, 0.4) is 0 Å². The molecule has 1 heterocycles. The number of carbonyl (C=O) groups is 1. The Labute approximate surface area is 114 Å². The maximum atomic E-state index is 12.0. The standard InChI is InChI=1S/C12H17N3O5/c1-5-13-6-8(15(19)20)10(17)14(11(13)18)7-9(16)12(2,3)4/h6H,5,7H2,1-4H3. The maximum Gasteiger partial charge on any atom is 0.350 e. The van der Waals surface area contributed by atoms with Crippen LogP contribution < -0.4 is 11.2 Å². The van der Waals surface area contributed by atoms with Crippen LogP contribution in [0.4, 0.5) is 5.69 Å². The van der Waals surface area contributed by atoms with Crippen LogP contribution in [0.1, 0.15) is 27.7 Å². The highest BCUT2D eigenvalue weighted by Gasteiger charge is 2.26. The Kier molecular flexibility index (Phi) is 4.26. The lowest BCUT2D eigenvalue weighted by molar-refractivity contribution is -0.387. The molecule has 1 aromatic rings. The molecule has 0 bridgehead atoms. The number of carbonyl (C=O) groups excluding carboxylic acids is 1. The van der Waals surface area contributed by atoms with Crippen molar-refractivity contribution >= 4 is 11.5 Å². The van der Waals surface area contributed by atoms with Gasteiger partial charge in [-0.25, -0.2) is 9.36 Å². The van der Waals surface area contributed by atoms with Crippen LogP contribution in [0.5, 0.6) is 0 Å². The van der Waals surface area contributed by atoms with Crippen molar-refractivity contribution in [3.63, 3.8) is 0 Å². The van der Waals surface area contributed by atoms with Gasteiger partial charge in [0.15, 0.2) is 5.78 Å². The largest absolute Gasteiger partial charge is 0.350 e. The molecule has 0 amide bonds. The quantitative estimate of drug-likeness (QED) is 0.593. The Morgan fingerprint density at radius 1 is 1.35 bits per heavy atom. The third kappa shape index (κ3) is 3.01. The normalized spacial score (nSPS) is 11.4. The first-order valence-electron chi connectivity index (χ1n) is 6.11. The number of hydrogen-bond acceptors (Lipinski definition) is 5. The van der Waals surface area contributed by atoms with Crippen molar-refractivity contribution in [1.29, 1.82) is 0 Å². The molecule has 0 aliphatic carbocycles. The highest BCUT2D eigenvalue weighted by atomic mass is 16.6. The first kappa shape index (κ1) is 15.8. The van der Waals surface area contributed by atoms with E-state index in [2.05, 4.69) is 0 Å². The van der Waals surface area contributed by atoms with Crippen molar-refractivity contribution in [3.05, 3.63) is 37.1 Å². The van der Waals surface area contributed by atoms with Crippen LogP contribution in [0, 0.1) is 15.5 Å². The van der Waals surface area contributed by atoms with Gasteiger partial charge >= 0.3 is 16.9 Å². The summed E-state index contributed by atoms with van der Waals surface area (Å²) in [5, 5.41) is 10.8. The number of nitrogens with zero attached hydrogens (tertiary/aromatic N) is 3. The number of hydrogen-bond donors (Lipinski definition) is 0. The molecule has 0 saturated carbocycles. The van der Waals surface area contributed by atoms with E-state index in [-0.39, 0.29) is 12.3 Å². The molecule has 0 aliphatic rings. The molecule has 0 N–H and O–H groups in total. The van der Waals surface area contributed by atoms with Crippen molar-refractivity contribution in [2.75, 3.05) is 0 Å². The zero-order chi connectivity index (χ0) is 15.7. The van der Waals surface area contributed by atoms with Gasteiger partial charge in [-0.2, -0.15) is 0 Å². The Hall–Kier alpha value is -2.25. The minimum Gasteiger partial charge on any atom is -0.297 e. The van der Waals surface area contributed by atoms with Gasteiger partial charge in [-0.05, 0) is 6.92 Å². The van der Waals surface area contributed by atoms with E-state index < -0.39 is 33.8 Å². The van der Waals surface area contributed by atoms with Crippen LogP contribution in [0.25, 0.3) is 0 Å². The fourth-order valence-corrected chi connectivity index (χ4v) is 1.51. The molecule has 8 heteroatoms. The third-order valence-electron chi connectivity index (χ3n) is 2.89. The Morgan fingerprint density at radius 2 is 1.90 bits per heavy atom. The van der Waals surface area contributed by atoms with E-state index >= 15 is 0 Å². The Balaban J connectivity index is 3.50. The lowest BCUT2D eigenvalue weighted by atomic mass is 9.91. The van der Waals surface area contributed by atoms with Gasteiger partial charge in [-0.15, -0.1) is 0 Å². The fourth-order valence-electron chi connectivity index (χ4n) is 1.51. The number of aromatic nitrogens is 2. The predicted molar refractivity (Wildman–Crippen MR) is 71.8 cm³/mol. The van der Waals surface area contributed by atoms with E-state index in [0.717, 1.165) is 10.8 Å². The summed E-state index contributed by atoms with van der Waals surface area (Å²) >= 11 is 0. The van der Waals surface area contributed by atoms with E-state index in [1.807, 2.05) is 0 Å². The Morgan fingerprint density at radius 3 is 2.30 bits per heavy atom. The number of aryl methyl sites for hydroxylation is 1. The second-order valence-electron chi connectivity index (χ2n) is 5.40. The van der Waals surface area contributed by atoms with Crippen LogP contribution >= 0.6 is 0 Å². The zero-order valence-corrected chi connectivity index (χ0v) is 11.9. The first-order valence-corrected chi connectivity index (χ1v) is 6.11. The second-order valence-corrected chi connectivity index (χ2v) is 5.40. The average Bonchev–Trinajstić information content (AvgIpc) is 2.32. The van der Waals surface area contributed by atoms with E-state index in [9.17, 15) is 24.5 Å². The van der Waals surface area contributed by atoms with Gasteiger partial charge in [0.1, 0.15) is 0 Å². The van der Waals surface area contributed by atoms with Crippen LogP contribution in [0.2, 0.25) is 0 Å². The van der Waals surface area contributed by atoms with E-state index in [0.29, 0.717) is 4.57 Å². The molecule has 1 rings (SSSR count). The lowest BCUT2D eigenvalue weighted by Gasteiger charge is -2.17. The molecule has 0 saturated heterocycles. The first-order chi connectivity index (χ1) is 9.09. The third-order valence-corrected chi connectivity index (χ3v) is 2.89. The topological polar surface area (TPSA) is 104 Å². The highest BCUT2D eigenvalue weighted by Crippen LogP contribution is 2.15. The highest BCUT2D eigenvalue weighted by molar-refractivity contribution is 5.83. The minimum absolute atomic E-state index is 0.170. The predicted octanol–water partition coefficient (Wildman–Crippen LogP) is 0.553. The molecule has 0 aromatic carbocycles. The molecule has 0 spiro atoms. The smallest absolute Gasteiger partial charge is 0.297 e. The summed E-state index contributed by atoms with van der Waals surface area (Å²) in [6.07, 6.45) is 0.905. The number of ketones is 1. The Bertz CT molecular complexity index is 663. The van der Waals surface area contributed by atoms with Gasteiger partial charge in [-0.3, -0.25) is 24.3 Å². The van der Waals surface area contributed by atoms with Crippen molar-refractivity contribution in [2.45, 2.75) is 40.8 Å². The second kappa shape index (κ2) is 5.40. The molecule has 0 aliphatic heterocycles. The van der Waals surface area contributed by atoms with Gasteiger partial charge in [0, 0.05) is 12.0 Å². The van der Waals surface area contributed by atoms with Crippen molar-refractivity contribution in [2.24, 2.45) is 5.41 Å². The summed E-state index contributed by atoms with van der Waals surface area (Å²) in [6.45, 7) is 6.26. The van der Waals surface area contributed by atoms with Crippen molar-refractivity contribution in [3.8, 4) is 0 Å². The summed E-state index contributed by atoms with van der Waals surface area (Å²) in [5.74, 6) is -0.347. The van der Waals surface area contributed by atoms with Gasteiger partial charge < -0.3 is 0 Å². The number of nitro groups is 1. The molecule has 1 aromatic heterocycles. The molecule has 8 nitrogen and oxygen atoms in total. The summed E-state index contributed by atoms with van der Waals surface area (Å²) in [5.41, 5.74) is -3.23. The fraction of sp³-hybridized carbons (Fsp3) is 0.583. The maximum absolute atomic E-state index is 12.0. The van der Waals surface area contributed by atoms with E-state index in [1.54, 1.807) is 27.7 Å². The SMILES string of the molecule is CCn1cc([N+](=O)[O-])c(=O)n(CC(=O)C(C)(C)C)c1=O. The van der Waals surface area contributed by atoms with Crippen LogP contribution in [0.15, 0.2) is 15.8 Å². The van der Waals surface area contributed by atoms with Crippen LogP contribution in [-0.2, 0) is 17.9 Å². The zero-order valence-electron chi connectivity index (χ0n) is 11.9. The summed E-state index contributed by atoms with van der Waals surface area (Å²) in [7, 11) is 0. The molecular formula is C12H17N3O5. The minimum atomic E-state index is -1.05.